The predicted octanol–water partition coefficient (Wildman–Crippen LogP) is 1.81. The number of aromatic nitrogens is 4. The molecule has 3 aromatic rings. The van der Waals surface area contributed by atoms with Crippen molar-refractivity contribution in [3.8, 4) is 5.69 Å². The van der Waals surface area contributed by atoms with Gasteiger partial charge in [-0.05, 0) is 40.3 Å². The van der Waals surface area contributed by atoms with Gasteiger partial charge in [0.15, 0.2) is 0 Å². The van der Waals surface area contributed by atoms with Crippen molar-refractivity contribution < 1.29 is 19.1 Å². The average molecular weight is 338 g/mol. The van der Waals surface area contributed by atoms with Crippen molar-refractivity contribution in [2.45, 2.75) is 6.61 Å². The molecule has 8 heteroatoms. The van der Waals surface area contributed by atoms with Crippen LogP contribution in [0.3, 0.4) is 0 Å². The van der Waals surface area contributed by atoms with E-state index >= 15 is 0 Å². The summed E-state index contributed by atoms with van der Waals surface area (Å²) in [5, 5.41) is 10.9. The minimum Gasteiger partial charge on any atom is -0.465 e. The second-order valence-corrected chi connectivity index (χ2v) is 5.04. The molecular weight excluding hydrogens is 324 g/mol. The number of tetrazole rings is 1. The number of benzene rings is 2. The summed E-state index contributed by atoms with van der Waals surface area (Å²) in [5.41, 5.74) is 2.06. The smallest absolute Gasteiger partial charge is 0.340 e. The van der Waals surface area contributed by atoms with Crippen LogP contribution in [-0.2, 0) is 16.1 Å². The quantitative estimate of drug-likeness (QED) is 0.654. The fourth-order valence-electron chi connectivity index (χ4n) is 2.20. The van der Waals surface area contributed by atoms with Crippen LogP contribution in [0.1, 0.15) is 26.3 Å². The molecule has 0 aliphatic carbocycles. The lowest BCUT2D eigenvalue weighted by Crippen LogP contribution is -2.10. The van der Waals surface area contributed by atoms with Gasteiger partial charge in [0, 0.05) is 0 Å². The highest BCUT2D eigenvalue weighted by atomic mass is 16.5. The van der Waals surface area contributed by atoms with Crippen molar-refractivity contribution in [2.75, 3.05) is 7.11 Å². The Kier molecular flexibility index (Phi) is 4.79. The van der Waals surface area contributed by atoms with Gasteiger partial charge in [-0.25, -0.2) is 9.59 Å². The molecule has 0 aliphatic heterocycles. The maximum Gasteiger partial charge on any atom is 0.340 e. The van der Waals surface area contributed by atoms with Crippen LogP contribution in [0.25, 0.3) is 5.69 Å². The van der Waals surface area contributed by atoms with Crippen LogP contribution >= 0.6 is 0 Å². The lowest BCUT2D eigenvalue weighted by Gasteiger charge is -2.09. The molecule has 0 saturated carbocycles. The van der Waals surface area contributed by atoms with E-state index in [0.29, 0.717) is 16.8 Å². The van der Waals surface area contributed by atoms with Gasteiger partial charge in [-0.15, -0.1) is 5.10 Å². The maximum atomic E-state index is 12.4. The van der Waals surface area contributed by atoms with E-state index in [1.54, 1.807) is 48.5 Å². The van der Waals surface area contributed by atoms with Crippen molar-refractivity contribution in [1.29, 1.82) is 0 Å². The largest absolute Gasteiger partial charge is 0.465 e. The van der Waals surface area contributed by atoms with Crippen LogP contribution < -0.4 is 0 Å². The van der Waals surface area contributed by atoms with Crippen LogP contribution in [0.15, 0.2) is 54.9 Å². The number of hydrogen-bond donors (Lipinski definition) is 0. The third kappa shape index (κ3) is 3.69. The molecule has 0 N–H and O–H groups in total. The minimum absolute atomic E-state index is 0.0736. The molecule has 25 heavy (non-hydrogen) atoms. The van der Waals surface area contributed by atoms with Gasteiger partial charge in [0.1, 0.15) is 12.9 Å². The van der Waals surface area contributed by atoms with E-state index in [1.165, 1.54) is 18.1 Å². The summed E-state index contributed by atoms with van der Waals surface area (Å²) in [7, 11) is 1.32. The van der Waals surface area contributed by atoms with Crippen LogP contribution in [0.2, 0.25) is 0 Å². The molecule has 0 atom stereocenters. The molecule has 0 fully saturated rings. The van der Waals surface area contributed by atoms with E-state index < -0.39 is 11.9 Å². The molecule has 0 unspecified atom stereocenters. The summed E-state index contributed by atoms with van der Waals surface area (Å²) < 4.78 is 11.4. The molecule has 0 amide bonds. The highest BCUT2D eigenvalue weighted by Gasteiger charge is 2.15. The van der Waals surface area contributed by atoms with E-state index in [2.05, 4.69) is 20.3 Å². The van der Waals surface area contributed by atoms with Gasteiger partial charge in [-0.1, -0.05) is 24.3 Å². The van der Waals surface area contributed by atoms with Crippen LogP contribution in [0.4, 0.5) is 0 Å². The Balaban J connectivity index is 1.70. The van der Waals surface area contributed by atoms with E-state index in [0.717, 1.165) is 5.56 Å². The monoisotopic (exact) mass is 338 g/mol. The van der Waals surface area contributed by atoms with E-state index in [-0.39, 0.29) is 6.61 Å². The van der Waals surface area contributed by atoms with Crippen molar-refractivity contribution in [3.63, 3.8) is 0 Å². The summed E-state index contributed by atoms with van der Waals surface area (Å²) >= 11 is 0. The van der Waals surface area contributed by atoms with Gasteiger partial charge in [0.25, 0.3) is 0 Å². The molecule has 2 aromatic carbocycles. The van der Waals surface area contributed by atoms with Gasteiger partial charge in [-0.3, -0.25) is 0 Å². The van der Waals surface area contributed by atoms with Crippen molar-refractivity contribution in [3.05, 3.63) is 71.5 Å². The predicted molar refractivity (Wildman–Crippen MR) is 86.1 cm³/mol. The summed E-state index contributed by atoms with van der Waals surface area (Å²) in [4.78, 5) is 23.8. The Labute approximate surface area is 143 Å². The third-order valence-electron chi connectivity index (χ3n) is 3.46. The minimum atomic E-state index is -0.497. The fraction of sp³-hybridized carbons (Fsp3) is 0.118. The second kappa shape index (κ2) is 7.35. The molecule has 1 heterocycles. The highest BCUT2D eigenvalue weighted by Crippen LogP contribution is 2.15. The van der Waals surface area contributed by atoms with Gasteiger partial charge < -0.3 is 9.47 Å². The normalized spacial score (nSPS) is 10.3. The summed E-state index contributed by atoms with van der Waals surface area (Å²) in [5.74, 6) is -0.915. The number of para-hydroxylation sites is 1. The van der Waals surface area contributed by atoms with Gasteiger partial charge in [0.05, 0.1) is 23.9 Å². The Morgan fingerprint density at radius 1 is 1.04 bits per heavy atom. The van der Waals surface area contributed by atoms with E-state index in [9.17, 15) is 9.59 Å². The Bertz CT molecular complexity index is 876. The van der Waals surface area contributed by atoms with Gasteiger partial charge in [0.2, 0.25) is 0 Å². The van der Waals surface area contributed by atoms with Gasteiger partial charge >= 0.3 is 11.9 Å². The van der Waals surface area contributed by atoms with E-state index in [4.69, 9.17) is 4.74 Å². The molecule has 0 radical (unpaired) electrons. The Hall–Kier alpha value is -3.55. The number of methoxy groups -OCH3 is 1. The van der Waals surface area contributed by atoms with Crippen LogP contribution in [0.5, 0.6) is 0 Å². The zero-order valence-electron chi connectivity index (χ0n) is 13.3. The Morgan fingerprint density at radius 3 is 2.48 bits per heavy atom. The molecule has 0 spiro atoms. The average Bonchev–Trinajstić information content (AvgIpc) is 3.20. The lowest BCUT2D eigenvalue weighted by molar-refractivity contribution is 0.0471. The molecule has 1 aromatic heterocycles. The Morgan fingerprint density at radius 2 is 1.80 bits per heavy atom. The topological polar surface area (TPSA) is 96.2 Å². The number of carbonyl (C=O) groups is 2. The number of nitrogens with zero attached hydrogens (tertiary/aromatic N) is 4. The molecule has 8 nitrogen and oxygen atoms in total. The fourth-order valence-corrected chi connectivity index (χ4v) is 2.20. The standard InChI is InChI=1S/C17H14N4O4/c1-24-16(22)13-8-6-12(7-9-13)10-25-17(23)14-4-2-3-5-15(14)21-11-18-19-20-21/h2-9,11H,10H2,1H3. The first kappa shape index (κ1) is 16.3. The van der Waals surface area contributed by atoms with Crippen LogP contribution in [-0.4, -0.2) is 39.3 Å². The highest BCUT2D eigenvalue weighted by molar-refractivity contribution is 5.93. The van der Waals surface area contributed by atoms with E-state index in [1.807, 2.05) is 0 Å². The molecule has 0 bridgehead atoms. The van der Waals surface area contributed by atoms with Crippen molar-refractivity contribution in [2.24, 2.45) is 0 Å². The summed E-state index contributed by atoms with van der Waals surface area (Å²) in [6, 6.07) is 13.5. The molecular formula is C17H14N4O4. The number of hydrogen-bond acceptors (Lipinski definition) is 7. The number of ether oxygens (including phenoxy) is 2. The van der Waals surface area contributed by atoms with Crippen molar-refractivity contribution >= 4 is 11.9 Å². The third-order valence-corrected chi connectivity index (χ3v) is 3.46. The molecule has 3 rings (SSSR count). The lowest BCUT2D eigenvalue weighted by atomic mass is 10.1. The molecule has 0 aliphatic rings. The van der Waals surface area contributed by atoms with Crippen molar-refractivity contribution in [1.82, 2.24) is 20.2 Å². The first-order chi connectivity index (χ1) is 12.2. The molecule has 126 valence electrons. The number of rotatable bonds is 5. The first-order valence-corrected chi connectivity index (χ1v) is 7.36. The summed E-state index contributed by atoms with van der Waals surface area (Å²) in [6.07, 6.45) is 1.40. The first-order valence-electron chi connectivity index (χ1n) is 7.36. The van der Waals surface area contributed by atoms with Crippen LogP contribution in [0, 0.1) is 0 Å². The summed E-state index contributed by atoms with van der Waals surface area (Å²) in [6.45, 7) is 0.0736. The number of carbonyl (C=O) groups excluding carboxylic acids is 2. The van der Waals surface area contributed by atoms with Gasteiger partial charge in [-0.2, -0.15) is 4.68 Å². The maximum absolute atomic E-state index is 12.4. The zero-order valence-corrected chi connectivity index (χ0v) is 13.3. The SMILES string of the molecule is COC(=O)c1ccc(COC(=O)c2ccccc2-n2cnnn2)cc1. The molecule has 0 saturated heterocycles. The second-order valence-electron chi connectivity index (χ2n) is 5.04. The zero-order chi connectivity index (χ0) is 17.6. The number of esters is 2.